The molecule has 0 aliphatic carbocycles. The van der Waals surface area contributed by atoms with Crippen LogP contribution in [0, 0.1) is 5.92 Å². The van der Waals surface area contributed by atoms with Crippen LogP contribution in [0.2, 0.25) is 0 Å². The van der Waals surface area contributed by atoms with Gasteiger partial charge in [-0.2, -0.15) is 18.3 Å². The Hall–Kier alpha value is -1.57. The monoisotopic (exact) mass is 346 g/mol. The molecule has 1 aromatic heterocycles. The Morgan fingerprint density at radius 2 is 2.00 bits per heavy atom. The molecule has 0 radical (unpaired) electrons. The lowest BCUT2D eigenvalue weighted by atomic mass is 9.99. The van der Waals surface area contributed by atoms with E-state index in [-0.39, 0.29) is 0 Å². The number of rotatable bonds is 5. The molecule has 2 heterocycles. The average molecular weight is 346 g/mol. The maximum atomic E-state index is 13.3. The van der Waals surface area contributed by atoms with E-state index in [1.165, 1.54) is 0 Å². The predicted molar refractivity (Wildman–Crippen MR) is 84.8 cm³/mol. The highest BCUT2D eigenvalue weighted by atomic mass is 19.4. The van der Waals surface area contributed by atoms with Gasteiger partial charge in [0.05, 0.1) is 11.8 Å². The highest BCUT2D eigenvalue weighted by Gasteiger charge is 2.40. The first-order valence-corrected chi connectivity index (χ1v) is 8.35. The van der Waals surface area contributed by atoms with E-state index in [0.717, 1.165) is 36.8 Å². The zero-order valence-corrected chi connectivity index (χ0v) is 14.4. The molecule has 8 heteroatoms. The summed E-state index contributed by atoms with van der Waals surface area (Å²) in [6.07, 6.45) is -1.38. The van der Waals surface area contributed by atoms with Gasteiger partial charge in [-0.05, 0) is 45.7 Å². The van der Waals surface area contributed by atoms with E-state index < -0.39 is 29.4 Å². The second-order valence-corrected chi connectivity index (χ2v) is 6.72. The van der Waals surface area contributed by atoms with E-state index in [9.17, 15) is 18.0 Å². The van der Waals surface area contributed by atoms with Crippen LogP contribution in [0.5, 0.6) is 0 Å². The predicted octanol–water partition coefficient (Wildman–Crippen LogP) is 2.94. The smallest absolute Gasteiger partial charge is 0.351 e. The summed E-state index contributed by atoms with van der Waals surface area (Å²) in [5.41, 5.74) is -1.40. The molecule has 1 fully saturated rings. The maximum Gasteiger partial charge on any atom is 0.433 e. The van der Waals surface area contributed by atoms with Crippen LogP contribution >= 0.6 is 0 Å². The number of carbonyl (C=O) groups is 1. The molecular formula is C16H25F3N4O. The van der Waals surface area contributed by atoms with Crippen molar-refractivity contribution in [1.29, 1.82) is 0 Å². The first kappa shape index (κ1) is 18.8. The maximum absolute atomic E-state index is 13.3. The third-order valence-corrected chi connectivity index (χ3v) is 4.39. The van der Waals surface area contributed by atoms with Crippen molar-refractivity contribution >= 4 is 5.91 Å². The standard InChI is InChI=1S/C16H25F3N4O/c1-11(2)23-14(16(17,18)19)13(10-21-23)15(24)20-6-9-22-7-4-12(3)5-8-22/h10-12H,4-9H2,1-3H3,(H,20,24). The van der Waals surface area contributed by atoms with Gasteiger partial charge >= 0.3 is 6.18 Å². The molecule has 24 heavy (non-hydrogen) atoms. The Balaban J connectivity index is 1.97. The summed E-state index contributed by atoms with van der Waals surface area (Å²) in [6.45, 7) is 8.33. The molecule has 0 atom stereocenters. The highest BCUT2D eigenvalue weighted by molar-refractivity contribution is 5.95. The van der Waals surface area contributed by atoms with Crippen molar-refractivity contribution in [2.24, 2.45) is 5.92 Å². The number of likely N-dealkylation sites (tertiary alicyclic amines) is 1. The quantitative estimate of drug-likeness (QED) is 0.892. The average Bonchev–Trinajstić information content (AvgIpc) is 2.94. The molecule has 0 bridgehead atoms. The first-order valence-electron chi connectivity index (χ1n) is 8.35. The van der Waals surface area contributed by atoms with E-state index >= 15 is 0 Å². The number of hydrogen-bond donors (Lipinski definition) is 1. The molecule has 2 rings (SSSR count). The van der Waals surface area contributed by atoms with Gasteiger partial charge in [-0.25, -0.2) is 0 Å². The van der Waals surface area contributed by atoms with E-state index in [1.54, 1.807) is 13.8 Å². The number of halogens is 3. The van der Waals surface area contributed by atoms with Crippen molar-refractivity contribution in [2.75, 3.05) is 26.2 Å². The fourth-order valence-corrected chi connectivity index (χ4v) is 2.91. The fraction of sp³-hybridized carbons (Fsp3) is 0.750. The molecule has 1 aliphatic rings. The number of piperidine rings is 1. The van der Waals surface area contributed by atoms with Gasteiger partial charge in [0.15, 0.2) is 5.69 Å². The van der Waals surface area contributed by atoms with Crippen LogP contribution in [0.3, 0.4) is 0 Å². The van der Waals surface area contributed by atoms with Crippen molar-refractivity contribution in [3.63, 3.8) is 0 Å². The Morgan fingerprint density at radius 3 is 2.54 bits per heavy atom. The summed E-state index contributed by atoms with van der Waals surface area (Å²) in [5.74, 6) is -0.00772. The SMILES string of the molecule is CC1CCN(CCNC(=O)c2cnn(C(C)C)c2C(F)(F)F)CC1. The first-order chi connectivity index (χ1) is 11.2. The van der Waals surface area contributed by atoms with E-state index in [1.807, 2.05) is 0 Å². The van der Waals surface area contributed by atoms with Crippen LogP contribution in [0.15, 0.2) is 6.20 Å². The van der Waals surface area contributed by atoms with Gasteiger partial charge in [-0.3, -0.25) is 9.48 Å². The molecule has 5 nitrogen and oxygen atoms in total. The van der Waals surface area contributed by atoms with Crippen LogP contribution in [-0.2, 0) is 6.18 Å². The summed E-state index contributed by atoms with van der Waals surface area (Å²) in [4.78, 5) is 14.4. The Labute approximate surface area is 140 Å². The summed E-state index contributed by atoms with van der Waals surface area (Å²) < 4.78 is 40.6. The molecule has 0 spiro atoms. The minimum atomic E-state index is -4.61. The number of hydrogen-bond acceptors (Lipinski definition) is 3. The number of nitrogens with one attached hydrogen (secondary N) is 1. The molecule has 1 saturated heterocycles. The molecule has 0 unspecified atom stereocenters. The van der Waals surface area contributed by atoms with Crippen LogP contribution in [0.25, 0.3) is 0 Å². The second kappa shape index (κ2) is 7.55. The zero-order valence-electron chi connectivity index (χ0n) is 14.4. The van der Waals surface area contributed by atoms with E-state index in [0.29, 0.717) is 19.0 Å². The van der Waals surface area contributed by atoms with Gasteiger partial charge in [0.2, 0.25) is 0 Å². The van der Waals surface area contributed by atoms with Crippen molar-refractivity contribution < 1.29 is 18.0 Å². The Bertz CT molecular complexity index is 560. The highest BCUT2D eigenvalue weighted by Crippen LogP contribution is 2.33. The second-order valence-electron chi connectivity index (χ2n) is 6.72. The van der Waals surface area contributed by atoms with Crippen LogP contribution in [-0.4, -0.2) is 46.8 Å². The summed E-state index contributed by atoms with van der Waals surface area (Å²) in [6, 6.07) is -0.474. The van der Waals surface area contributed by atoms with Gasteiger partial charge in [0.25, 0.3) is 5.91 Å². The van der Waals surface area contributed by atoms with Crippen LogP contribution in [0.1, 0.15) is 55.7 Å². The van der Waals surface area contributed by atoms with E-state index in [4.69, 9.17) is 0 Å². The van der Waals surface area contributed by atoms with Crippen LogP contribution in [0.4, 0.5) is 13.2 Å². The van der Waals surface area contributed by atoms with Gasteiger partial charge in [0, 0.05) is 19.1 Å². The molecular weight excluding hydrogens is 321 g/mol. The lowest BCUT2D eigenvalue weighted by Crippen LogP contribution is -2.39. The topological polar surface area (TPSA) is 50.2 Å². The zero-order chi connectivity index (χ0) is 17.9. The van der Waals surface area contributed by atoms with Gasteiger partial charge in [0.1, 0.15) is 0 Å². The molecule has 0 saturated carbocycles. The Kier molecular flexibility index (Phi) is 5.90. The van der Waals surface area contributed by atoms with Crippen molar-refractivity contribution in [1.82, 2.24) is 20.0 Å². The minimum absolute atomic E-state index is 0.331. The lowest BCUT2D eigenvalue weighted by Gasteiger charge is -2.30. The molecule has 1 aliphatic heterocycles. The molecule has 1 N–H and O–H groups in total. The fourth-order valence-electron chi connectivity index (χ4n) is 2.91. The van der Waals surface area contributed by atoms with E-state index in [2.05, 4.69) is 22.2 Å². The normalized spacial score (nSPS) is 17.5. The lowest BCUT2D eigenvalue weighted by molar-refractivity contribution is -0.145. The summed E-state index contributed by atoms with van der Waals surface area (Å²) in [5, 5.41) is 6.32. The van der Waals surface area contributed by atoms with Crippen LogP contribution < -0.4 is 5.32 Å². The van der Waals surface area contributed by atoms with Crippen molar-refractivity contribution in [2.45, 2.75) is 45.8 Å². The summed E-state index contributed by atoms with van der Waals surface area (Å²) in [7, 11) is 0. The molecule has 1 amide bonds. The number of amides is 1. The number of alkyl halides is 3. The van der Waals surface area contributed by atoms with Gasteiger partial charge < -0.3 is 10.2 Å². The minimum Gasteiger partial charge on any atom is -0.351 e. The molecule has 136 valence electrons. The van der Waals surface area contributed by atoms with Gasteiger partial charge in [-0.15, -0.1) is 0 Å². The number of aromatic nitrogens is 2. The largest absolute Gasteiger partial charge is 0.433 e. The summed E-state index contributed by atoms with van der Waals surface area (Å²) >= 11 is 0. The third-order valence-electron chi connectivity index (χ3n) is 4.39. The Morgan fingerprint density at radius 1 is 1.38 bits per heavy atom. The molecule has 0 aromatic carbocycles. The van der Waals surface area contributed by atoms with Gasteiger partial charge in [-0.1, -0.05) is 6.92 Å². The van der Waals surface area contributed by atoms with Crippen molar-refractivity contribution in [3.05, 3.63) is 17.5 Å². The molecule has 1 aromatic rings. The van der Waals surface area contributed by atoms with Crippen molar-refractivity contribution in [3.8, 4) is 0 Å². The number of carbonyl (C=O) groups excluding carboxylic acids is 1. The third kappa shape index (κ3) is 4.49. The number of nitrogens with zero attached hydrogens (tertiary/aromatic N) is 3.